The molecule has 0 heterocycles. The number of carboxylic acid groups (broad SMARTS) is 1. The first-order valence-corrected chi connectivity index (χ1v) is 6.46. The van der Waals surface area contributed by atoms with Gasteiger partial charge in [0.15, 0.2) is 0 Å². The Labute approximate surface area is 115 Å². The zero-order chi connectivity index (χ0) is 15.3. The minimum Gasteiger partial charge on any atom is -0.478 e. The Morgan fingerprint density at radius 3 is 2.55 bits per heavy atom. The van der Waals surface area contributed by atoms with Crippen molar-refractivity contribution in [3.8, 4) is 0 Å². The van der Waals surface area contributed by atoms with Crippen molar-refractivity contribution >= 4 is 11.7 Å². The lowest BCUT2D eigenvalue weighted by atomic mass is 10.1. The summed E-state index contributed by atoms with van der Waals surface area (Å²) in [6.07, 6.45) is -1.85. The van der Waals surface area contributed by atoms with E-state index in [1.807, 2.05) is 13.8 Å². The maximum Gasteiger partial charge on any atom is 0.417 e. The Kier molecular flexibility index (Phi) is 5.42. The maximum atomic E-state index is 12.8. The van der Waals surface area contributed by atoms with Crippen LogP contribution in [-0.2, 0) is 6.18 Å². The second-order valence-corrected chi connectivity index (χ2v) is 4.75. The minimum absolute atomic E-state index is 0.0340. The van der Waals surface area contributed by atoms with E-state index in [9.17, 15) is 18.0 Å². The first kappa shape index (κ1) is 16.3. The van der Waals surface area contributed by atoms with Crippen LogP contribution in [0.2, 0.25) is 0 Å². The van der Waals surface area contributed by atoms with Crippen LogP contribution in [0.5, 0.6) is 0 Å². The number of carboxylic acids is 1. The van der Waals surface area contributed by atoms with Gasteiger partial charge in [-0.2, -0.15) is 13.2 Å². The van der Waals surface area contributed by atoms with Crippen LogP contribution in [0.4, 0.5) is 18.9 Å². The molecule has 0 aliphatic rings. The van der Waals surface area contributed by atoms with Gasteiger partial charge in [0.25, 0.3) is 0 Å². The molecule has 0 radical (unpaired) electrons. The molecule has 1 atom stereocenters. The van der Waals surface area contributed by atoms with Gasteiger partial charge in [-0.15, -0.1) is 0 Å². The van der Waals surface area contributed by atoms with Crippen molar-refractivity contribution in [1.29, 1.82) is 0 Å². The lowest BCUT2D eigenvalue weighted by Gasteiger charge is -2.17. The average Bonchev–Trinajstić information content (AvgIpc) is 2.35. The van der Waals surface area contributed by atoms with Crippen molar-refractivity contribution in [2.45, 2.75) is 45.3 Å². The average molecular weight is 289 g/mol. The molecule has 0 aliphatic heterocycles. The molecular weight excluding hydrogens is 271 g/mol. The van der Waals surface area contributed by atoms with Crippen LogP contribution in [0.1, 0.15) is 49.0 Å². The SMILES string of the molecule is CCCCC(C)Nc1ccc(C(=O)O)c(C(F)(F)F)c1. The number of rotatable bonds is 6. The molecule has 0 amide bonds. The fraction of sp³-hybridized carbons (Fsp3) is 0.500. The van der Waals surface area contributed by atoms with Crippen LogP contribution >= 0.6 is 0 Å². The van der Waals surface area contributed by atoms with Crippen molar-refractivity contribution in [2.24, 2.45) is 0 Å². The van der Waals surface area contributed by atoms with Gasteiger partial charge in [-0.3, -0.25) is 0 Å². The number of aromatic carboxylic acids is 1. The summed E-state index contributed by atoms with van der Waals surface area (Å²) < 4.78 is 38.5. The van der Waals surface area contributed by atoms with E-state index in [-0.39, 0.29) is 11.7 Å². The molecule has 20 heavy (non-hydrogen) atoms. The van der Waals surface area contributed by atoms with Gasteiger partial charge in [-0.25, -0.2) is 4.79 Å². The fourth-order valence-electron chi connectivity index (χ4n) is 1.92. The van der Waals surface area contributed by atoms with Crippen LogP contribution < -0.4 is 5.32 Å². The molecule has 0 saturated carbocycles. The topological polar surface area (TPSA) is 49.3 Å². The Bertz CT molecular complexity index is 472. The highest BCUT2D eigenvalue weighted by molar-refractivity contribution is 5.90. The molecule has 112 valence electrons. The number of nitrogens with one attached hydrogen (secondary N) is 1. The van der Waals surface area contributed by atoms with E-state index < -0.39 is 23.3 Å². The van der Waals surface area contributed by atoms with Gasteiger partial charge in [0.05, 0.1) is 11.1 Å². The smallest absolute Gasteiger partial charge is 0.417 e. The van der Waals surface area contributed by atoms with Crippen LogP contribution in [-0.4, -0.2) is 17.1 Å². The standard InChI is InChI=1S/C14H18F3NO2/c1-3-4-5-9(2)18-10-6-7-11(13(19)20)12(8-10)14(15,16)17/h6-9,18H,3-5H2,1-2H3,(H,19,20). The van der Waals surface area contributed by atoms with E-state index in [0.717, 1.165) is 31.4 Å². The molecule has 2 N–H and O–H groups in total. The Morgan fingerprint density at radius 1 is 1.40 bits per heavy atom. The highest BCUT2D eigenvalue weighted by Gasteiger charge is 2.35. The predicted octanol–water partition coefficient (Wildman–Crippen LogP) is 4.39. The maximum absolute atomic E-state index is 12.8. The highest BCUT2D eigenvalue weighted by Crippen LogP contribution is 2.34. The number of carbonyl (C=O) groups is 1. The molecule has 6 heteroatoms. The van der Waals surface area contributed by atoms with Crippen LogP contribution in [0, 0.1) is 0 Å². The molecule has 1 rings (SSSR count). The number of unbranched alkanes of at least 4 members (excludes halogenated alkanes) is 1. The number of halogens is 3. The third-order valence-electron chi connectivity index (χ3n) is 2.96. The predicted molar refractivity (Wildman–Crippen MR) is 71.0 cm³/mol. The van der Waals surface area contributed by atoms with Crippen LogP contribution in [0.3, 0.4) is 0 Å². The molecule has 1 unspecified atom stereocenters. The third kappa shape index (κ3) is 4.43. The Morgan fingerprint density at radius 2 is 2.05 bits per heavy atom. The van der Waals surface area contributed by atoms with E-state index in [1.54, 1.807) is 0 Å². The van der Waals surface area contributed by atoms with Gasteiger partial charge >= 0.3 is 12.1 Å². The molecular formula is C14H18F3NO2. The van der Waals surface area contributed by atoms with Crippen molar-refractivity contribution in [2.75, 3.05) is 5.32 Å². The summed E-state index contributed by atoms with van der Waals surface area (Å²) in [4.78, 5) is 10.8. The Hall–Kier alpha value is -1.72. The van der Waals surface area contributed by atoms with Crippen molar-refractivity contribution in [3.05, 3.63) is 29.3 Å². The lowest BCUT2D eigenvalue weighted by Crippen LogP contribution is -2.17. The first-order chi connectivity index (χ1) is 9.25. The van der Waals surface area contributed by atoms with Gasteiger partial charge in [0, 0.05) is 11.7 Å². The number of hydrogen-bond acceptors (Lipinski definition) is 2. The van der Waals surface area contributed by atoms with E-state index in [2.05, 4.69) is 5.32 Å². The lowest BCUT2D eigenvalue weighted by molar-refractivity contribution is -0.138. The largest absolute Gasteiger partial charge is 0.478 e. The van der Waals surface area contributed by atoms with Crippen molar-refractivity contribution in [3.63, 3.8) is 0 Å². The molecule has 1 aromatic rings. The summed E-state index contributed by atoms with van der Waals surface area (Å²) >= 11 is 0. The van der Waals surface area contributed by atoms with Gasteiger partial charge in [-0.1, -0.05) is 19.8 Å². The molecule has 0 fully saturated rings. The summed E-state index contributed by atoms with van der Waals surface area (Å²) in [6.45, 7) is 3.92. The monoisotopic (exact) mass is 289 g/mol. The molecule has 0 bridgehead atoms. The Balaban J connectivity index is 2.98. The quantitative estimate of drug-likeness (QED) is 0.816. The summed E-state index contributed by atoms with van der Waals surface area (Å²) in [7, 11) is 0. The van der Waals surface area contributed by atoms with E-state index in [4.69, 9.17) is 5.11 Å². The van der Waals surface area contributed by atoms with Gasteiger partial charge < -0.3 is 10.4 Å². The van der Waals surface area contributed by atoms with Gasteiger partial charge in [0.1, 0.15) is 0 Å². The number of benzene rings is 1. The van der Waals surface area contributed by atoms with Crippen molar-refractivity contribution < 1.29 is 23.1 Å². The zero-order valence-corrected chi connectivity index (χ0v) is 11.4. The second-order valence-electron chi connectivity index (χ2n) is 4.75. The number of hydrogen-bond donors (Lipinski definition) is 2. The summed E-state index contributed by atoms with van der Waals surface area (Å²) in [6, 6.07) is 3.24. The summed E-state index contributed by atoms with van der Waals surface area (Å²) in [5.74, 6) is -1.58. The molecule has 1 aromatic carbocycles. The number of alkyl halides is 3. The molecule has 3 nitrogen and oxygen atoms in total. The van der Waals surface area contributed by atoms with Crippen molar-refractivity contribution in [1.82, 2.24) is 0 Å². The van der Waals surface area contributed by atoms with Gasteiger partial charge in [-0.05, 0) is 31.5 Å². The van der Waals surface area contributed by atoms with E-state index in [1.165, 1.54) is 6.07 Å². The zero-order valence-electron chi connectivity index (χ0n) is 11.4. The molecule has 0 spiro atoms. The molecule has 0 aromatic heterocycles. The van der Waals surface area contributed by atoms with Gasteiger partial charge in [0.2, 0.25) is 0 Å². The van der Waals surface area contributed by atoms with Crippen LogP contribution in [0.25, 0.3) is 0 Å². The summed E-state index contributed by atoms with van der Waals surface area (Å²) in [5, 5.41) is 11.8. The summed E-state index contributed by atoms with van der Waals surface area (Å²) in [5.41, 5.74) is -1.58. The highest BCUT2D eigenvalue weighted by atomic mass is 19.4. The van der Waals surface area contributed by atoms with E-state index in [0.29, 0.717) is 0 Å². The molecule has 0 aliphatic carbocycles. The second kappa shape index (κ2) is 6.63. The molecule has 0 saturated heterocycles. The minimum atomic E-state index is -4.68. The van der Waals surface area contributed by atoms with Crippen LogP contribution in [0.15, 0.2) is 18.2 Å². The first-order valence-electron chi connectivity index (χ1n) is 6.46. The third-order valence-corrected chi connectivity index (χ3v) is 2.96. The normalized spacial score (nSPS) is 13.1. The van der Waals surface area contributed by atoms with E-state index >= 15 is 0 Å². The number of anilines is 1. The fourth-order valence-corrected chi connectivity index (χ4v) is 1.92.